The number of Topliss-reactive ketones (excluding diaryl/α,β-unsaturated/α-hetero) is 1. The lowest BCUT2D eigenvalue weighted by molar-refractivity contribution is 0.0976. The second-order valence-corrected chi connectivity index (χ2v) is 2.95. The quantitative estimate of drug-likeness (QED) is 0.408. The molecule has 0 N–H and O–H groups in total. The van der Waals surface area contributed by atoms with Gasteiger partial charge in [-0.2, -0.15) is 0 Å². The molecule has 1 heterocycles. The molecule has 0 saturated carbocycles. The predicted molar refractivity (Wildman–Crippen MR) is 56.2 cm³/mol. The van der Waals surface area contributed by atoms with Crippen molar-refractivity contribution in [3.8, 4) is 0 Å². The first-order chi connectivity index (χ1) is 8.88. The lowest BCUT2D eigenvalue weighted by atomic mass is 10.1. The Labute approximate surface area is 93.7 Å². The van der Waals surface area contributed by atoms with Crippen LogP contribution in [-0.4, -0.2) is 29.4 Å². The largest absolute Gasteiger partial charge is 0.294 e. The summed E-state index contributed by atoms with van der Waals surface area (Å²) in [6.07, 6.45) is -0.583. The molecule has 0 aromatic carbocycles. The van der Waals surface area contributed by atoms with E-state index in [0.29, 0.717) is 6.42 Å². The van der Waals surface area contributed by atoms with Gasteiger partial charge in [0.1, 0.15) is 0 Å². The first kappa shape index (κ1) is 6.66. The summed E-state index contributed by atoms with van der Waals surface area (Å²) in [4.78, 5) is 25.4. The van der Waals surface area contributed by atoms with Gasteiger partial charge in [0.15, 0.2) is 5.78 Å². The fourth-order valence-electron chi connectivity index (χ4n) is 0.997. The summed E-state index contributed by atoms with van der Waals surface area (Å²) in [5.74, 6) is -0.490. The van der Waals surface area contributed by atoms with Gasteiger partial charge in [-0.05, 0) is 18.5 Å². The number of hydrogen-bond acceptors (Lipinski definition) is 4. The third-order valence-corrected chi connectivity index (χ3v) is 1.77. The smallest absolute Gasteiger partial charge is 0.164 e. The van der Waals surface area contributed by atoms with Crippen LogP contribution in [0.15, 0.2) is 29.7 Å². The maximum absolute atomic E-state index is 11.9. The van der Waals surface area contributed by atoms with Crippen LogP contribution in [0.1, 0.15) is 28.7 Å². The molecule has 1 aromatic rings. The van der Waals surface area contributed by atoms with Gasteiger partial charge in [-0.3, -0.25) is 14.8 Å². The van der Waals surface area contributed by atoms with Gasteiger partial charge in [0.25, 0.3) is 0 Å². The number of hydrogen-bond donors (Lipinski definition) is 0. The van der Waals surface area contributed by atoms with Crippen LogP contribution in [0.2, 0.25) is 0 Å². The van der Waals surface area contributed by atoms with E-state index in [1.165, 1.54) is 7.05 Å². The predicted octanol–water partition coefficient (Wildman–Crippen LogP) is 1.66. The van der Waals surface area contributed by atoms with Crippen molar-refractivity contribution in [2.24, 2.45) is 5.29 Å². The van der Waals surface area contributed by atoms with Gasteiger partial charge in [0, 0.05) is 37.9 Å². The van der Waals surface area contributed by atoms with Gasteiger partial charge in [-0.25, -0.2) is 0 Å². The van der Waals surface area contributed by atoms with Crippen LogP contribution in [0.5, 0.6) is 0 Å². The lowest BCUT2D eigenvalue weighted by Crippen LogP contribution is -2.13. The fourth-order valence-corrected chi connectivity index (χ4v) is 0.997. The second kappa shape index (κ2) is 5.85. The average Bonchev–Trinajstić information content (AvgIpc) is 2.35. The van der Waals surface area contributed by atoms with E-state index in [-0.39, 0.29) is 18.5 Å². The highest BCUT2D eigenvalue weighted by molar-refractivity contribution is 5.95. The van der Waals surface area contributed by atoms with Crippen LogP contribution in [-0.2, 0) is 0 Å². The Morgan fingerprint density at radius 2 is 2.53 bits per heavy atom. The van der Waals surface area contributed by atoms with E-state index in [0.717, 1.165) is 5.01 Å². The zero-order chi connectivity index (χ0) is 14.6. The highest BCUT2D eigenvalue weighted by Crippen LogP contribution is 2.03. The van der Waals surface area contributed by atoms with Gasteiger partial charge >= 0.3 is 0 Å². The van der Waals surface area contributed by atoms with Crippen molar-refractivity contribution in [1.29, 1.82) is 0 Å². The first-order valence-corrected chi connectivity index (χ1v) is 4.40. The standard InChI is InChI=1S/C10H13N3O2/c1-13(12-15)7-3-5-10(14)9-4-2-6-11-8-9/h2,4,6,8H,3,5,7H2,1H3/i2D,4D,6D,8D. The number of carbonyl (C=O) groups is 1. The third-order valence-electron chi connectivity index (χ3n) is 1.77. The summed E-state index contributed by atoms with van der Waals surface area (Å²) >= 11 is 0. The van der Waals surface area contributed by atoms with Crippen LogP contribution >= 0.6 is 0 Å². The summed E-state index contributed by atoms with van der Waals surface area (Å²) < 4.78 is 29.8. The molecule has 5 nitrogen and oxygen atoms in total. The van der Waals surface area contributed by atoms with Crippen molar-refractivity contribution in [3.05, 3.63) is 34.9 Å². The third kappa shape index (κ3) is 3.84. The number of nitroso groups, excluding NO2 is 1. The zero-order valence-electron chi connectivity index (χ0n) is 12.3. The summed E-state index contributed by atoms with van der Waals surface area (Å²) in [5.41, 5.74) is -0.247. The molecule has 1 aromatic heterocycles. The molecule has 0 spiro atoms. The molecule has 0 bridgehead atoms. The molecular weight excluding hydrogens is 194 g/mol. The molecule has 5 heteroatoms. The van der Waals surface area contributed by atoms with Gasteiger partial charge in [-0.1, -0.05) is 0 Å². The summed E-state index contributed by atoms with van der Waals surface area (Å²) in [7, 11) is 1.47. The molecule has 0 unspecified atom stereocenters. The maximum atomic E-state index is 11.9. The summed E-state index contributed by atoms with van der Waals surface area (Å²) in [6, 6.07) is -0.914. The van der Waals surface area contributed by atoms with Gasteiger partial charge in [0.2, 0.25) is 0 Å². The van der Waals surface area contributed by atoms with Crippen LogP contribution in [0.4, 0.5) is 0 Å². The number of aromatic nitrogens is 1. The Morgan fingerprint density at radius 3 is 3.27 bits per heavy atom. The number of nitrogens with zero attached hydrogens (tertiary/aromatic N) is 3. The number of pyridine rings is 1. The normalized spacial score (nSPS) is 13.4. The van der Waals surface area contributed by atoms with Crippen molar-refractivity contribution in [2.45, 2.75) is 12.8 Å². The zero-order valence-corrected chi connectivity index (χ0v) is 8.28. The summed E-state index contributed by atoms with van der Waals surface area (Å²) in [6.45, 7) is 0.285. The Hall–Kier alpha value is -1.78. The Kier molecular flexibility index (Phi) is 2.60. The Bertz CT molecular complexity index is 510. The molecular formula is C10H13N3O2. The molecule has 0 amide bonds. The number of rotatable bonds is 6. The van der Waals surface area contributed by atoms with E-state index in [2.05, 4.69) is 10.3 Å². The SMILES string of the molecule is [2H]c1nc([2H])c(C(=O)CCCN(C)N=O)c([2H])c1[2H]. The number of carbonyl (C=O) groups excluding carboxylic acids is 1. The second-order valence-electron chi connectivity index (χ2n) is 2.95. The molecule has 15 heavy (non-hydrogen) atoms. The van der Waals surface area contributed by atoms with E-state index < -0.39 is 30.2 Å². The molecule has 1 rings (SSSR count). The Balaban J connectivity index is 2.83. The van der Waals surface area contributed by atoms with Crippen molar-refractivity contribution >= 4 is 5.78 Å². The minimum absolute atomic E-state index is 0.0239. The Morgan fingerprint density at radius 1 is 1.73 bits per heavy atom. The van der Waals surface area contributed by atoms with Crippen LogP contribution in [0.3, 0.4) is 0 Å². The van der Waals surface area contributed by atoms with Crippen molar-refractivity contribution in [3.63, 3.8) is 0 Å². The fraction of sp³-hybridized carbons (Fsp3) is 0.400. The van der Waals surface area contributed by atoms with E-state index in [1.807, 2.05) is 0 Å². The van der Waals surface area contributed by atoms with Crippen LogP contribution in [0, 0.1) is 4.91 Å². The minimum Gasteiger partial charge on any atom is -0.294 e. The van der Waals surface area contributed by atoms with Crippen molar-refractivity contribution in [2.75, 3.05) is 13.6 Å². The monoisotopic (exact) mass is 211 g/mol. The van der Waals surface area contributed by atoms with Crippen LogP contribution in [0.25, 0.3) is 0 Å². The topological polar surface area (TPSA) is 62.6 Å². The highest BCUT2D eigenvalue weighted by Gasteiger charge is 2.05. The molecule has 80 valence electrons. The minimum atomic E-state index is -0.490. The molecule has 0 fully saturated rings. The van der Waals surface area contributed by atoms with Gasteiger partial charge in [-0.15, -0.1) is 4.91 Å². The molecule has 0 saturated heterocycles. The lowest BCUT2D eigenvalue weighted by Gasteiger charge is -2.06. The highest BCUT2D eigenvalue weighted by atomic mass is 16.3. The number of ketones is 1. The van der Waals surface area contributed by atoms with Gasteiger partial charge < -0.3 is 0 Å². The first-order valence-electron chi connectivity index (χ1n) is 6.40. The van der Waals surface area contributed by atoms with Crippen LogP contribution < -0.4 is 0 Å². The van der Waals surface area contributed by atoms with E-state index in [1.54, 1.807) is 0 Å². The molecule has 0 radical (unpaired) electrons. The molecule has 0 atom stereocenters. The molecule has 0 aliphatic carbocycles. The van der Waals surface area contributed by atoms with Gasteiger partial charge in [0.05, 0.1) is 10.8 Å². The average molecular weight is 211 g/mol. The van der Waals surface area contributed by atoms with E-state index in [4.69, 9.17) is 5.48 Å². The maximum Gasteiger partial charge on any atom is 0.164 e. The van der Waals surface area contributed by atoms with Crippen molar-refractivity contribution < 1.29 is 10.3 Å². The summed E-state index contributed by atoms with van der Waals surface area (Å²) in [5, 5.41) is 3.79. The van der Waals surface area contributed by atoms with E-state index >= 15 is 0 Å². The van der Waals surface area contributed by atoms with E-state index in [9.17, 15) is 9.70 Å². The molecule has 0 aliphatic heterocycles. The molecule has 0 aliphatic rings. The van der Waals surface area contributed by atoms with Crippen molar-refractivity contribution in [1.82, 2.24) is 9.99 Å².